The second-order valence-corrected chi connectivity index (χ2v) is 5.68. The number of rotatable bonds is 4. The lowest BCUT2D eigenvalue weighted by molar-refractivity contribution is -0.362. The van der Waals surface area contributed by atoms with Crippen LogP contribution in [0.1, 0.15) is 44.9 Å². The lowest BCUT2D eigenvalue weighted by Crippen LogP contribution is -2.47. The maximum atomic E-state index is 11.8. The van der Waals surface area contributed by atoms with Crippen molar-refractivity contribution < 1.29 is 34.7 Å². The van der Waals surface area contributed by atoms with Crippen LogP contribution >= 0.6 is 0 Å². The highest BCUT2D eigenvalue weighted by atomic mass is 16.8. The summed E-state index contributed by atoms with van der Waals surface area (Å²) in [4.78, 5) is 36.3. The Morgan fingerprint density at radius 1 is 1.28 bits per heavy atom. The highest BCUT2D eigenvalue weighted by molar-refractivity contribution is 5.71. The van der Waals surface area contributed by atoms with E-state index in [4.69, 9.17) is 20.7 Å². The molecule has 1 aliphatic heterocycles. The minimum Gasteiger partial charge on any atom is -0.405 e. The minimum atomic E-state index is -2.84. The summed E-state index contributed by atoms with van der Waals surface area (Å²) in [6.45, 7) is 5.25. The molecule has 12 nitrogen and oxygen atoms in total. The van der Waals surface area contributed by atoms with E-state index in [1.54, 1.807) is 0 Å². The van der Waals surface area contributed by atoms with Crippen LogP contribution in [0.25, 0.3) is 0 Å². The van der Waals surface area contributed by atoms with Crippen molar-refractivity contribution in [3.63, 3.8) is 0 Å². The van der Waals surface area contributed by atoms with Crippen LogP contribution < -0.4 is 17.0 Å². The molecule has 170 valence electrons. The van der Waals surface area contributed by atoms with E-state index >= 15 is 0 Å². The van der Waals surface area contributed by atoms with Crippen LogP contribution in [0.3, 0.4) is 0 Å². The van der Waals surface area contributed by atoms with Crippen molar-refractivity contribution >= 4 is 5.97 Å². The van der Waals surface area contributed by atoms with Gasteiger partial charge in [-0.25, -0.2) is 4.79 Å². The number of nitrogens with two attached hydrogens (primary N) is 1. The average molecular weight is 423 g/mol. The van der Waals surface area contributed by atoms with E-state index < -0.39 is 42.1 Å². The lowest BCUT2D eigenvalue weighted by atomic mass is 10.2. The van der Waals surface area contributed by atoms with Crippen molar-refractivity contribution in [1.29, 1.82) is 0 Å². The van der Waals surface area contributed by atoms with E-state index in [2.05, 4.69) is 23.6 Å². The summed E-state index contributed by atoms with van der Waals surface area (Å²) in [5.74, 6) is -3.85. The number of aliphatic hydroxyl groups is 4. The van der Waals surface area contributed by atoms with Gasteiger partial charge in [0.15, 0.2) is 6.10 Å². The molecule has 0 amide bonds. The van der Waals surface area contributed by atoms with Gasteiger partial charge in [0.25, 0.3) is 5.56 Å². The van der Waals surface area contributed by atoms with Crippen LogP contribution in [0.5, 0.6) is 0 Å². The lowest BCUT2D eigenvalue weighted by Gasteiger charge is -2.27. The number of aliphatic hydroxyl groups excluding tert-OH is 2. The number of nitrogens with one attached hydrogen (secondary N) is 1. The molecule has 2 heterocycles. The second-order valence-electron chi connectivity index (χ2n) is 5.68. The summed E-state index contributed by atoms with van der Waals surface area (Å²) in [6, 6.07) is 0. The van der Waals surface area contributed by atoms with Gasteiger partial charge in [-0.2, -0.15) is 0 Å². The van der Waals surface area contributed by atoms with Crippen LogP contribution in [0, 0.1) is 6.92 Å². The summed E-state index contributed by atoms with van der Waals surface area (Å²) in [7, 11) is 2.00. The molecule has 1 aliphatic rings. The first-order valence-corrected chi connectivity index (χ1v) is 8.89. The zero-order valence-electron chi connectivity index (χ0n) is 17.4. The summed E-state index contributed by atoms with van der Waals surface area (Å²) in [5.41, 5.74) is 4.15. The first-order chi connectivity index (χ1) is 13.7. The van der Waals surface area contributed by atoms with Gasteiger partial charge in [0, 0.05) is 26.0 Å². The van der Waals surface area contributed by atoms with Gasteiger partial charge < -0.3 is 35.6 Å². The Morgan fingerprint density at radius 3 is 2.28 bits per heavy atom. The Labute approximate surface area is 168 Å². The molecule has 1 aromatic heterocycles. The number of nitrogens with zero attached hydrogens (tertiary/aromatic N) is 1. The summed E-state index contributed by atoms with van der Waals surface area (Å²) < 4.78 is 10.9. The molecule has 1 saturated heterocycles. The van der Waals surface area contributed by atoms with Crippen molar-refractivity contribution in [2.75, 3.05) is 20.8 Å². The van der Waals surface area contributed by atoms with E-state index in [9.17, 15) is 24.6 Å². The maximum Gasteiger partial charge on any atom is 0.352 e. The third-order valence-corrected chi connectivity index (χ3v) is 3.30. The SMILES string of the molecule is CCC.CO.CO.Cc1cn(C2CCC(C(O)(O)OC(=O)CN)O2)c(=O)[nH]c1=O. The Morgan fingerprint density at radius 2 is 1.79 bits per heavy atom. The predicted molar refractivity (Wildman–Crippen MR) is 104 cm³/mol. The molecule has 0 bridgehead atoms. The van der Waals surface area contributed by atoms with Crippen LogP contribution in [-0.4, -0.2) is 68.8 Å². The third-order valence-electron chi connectivity index (χ3n) is 3.30. The average Bonchev–Trinajstić information content (AvgIpc) is 3.19. The molecule has 0 aliphatic carbocycles. The normalized spacial score (nSPS) is 17.6. The van der Waals surface area contributed by atoms with Gasteiger partial charge in [0.1, 0.15) is 6.23 Å². The highest BCUT2D eigenvalue weighted by Gasteiger charge is 2.45. The number of aromatic amines is 1. The Bertz CT molecular complexity index is 700. The zero-order chi connectivity index (χ0) is 23.2. The molecule has 7 N–H and O–H groups in total. The van der Waals surface area contributed by atoms with Crippen molar-refractivity contribution in [2.24, 2.45) is 5.73 Å². The van der Waals surface area contributed by atoms with Gasteiger partial charge in [-0.1, -0.05) is 20.3 Å². The standard InChI is InChI=1S/C12H17N3O7.C3H8.2CH4O/c1-6-5-15(11(18)14-10(6)17)8-3-2-7(21-8)12(19,20)22-9(16)4-13;1-3-2;2*1-2/h5,7-8,19-20H,2-4,13H2,1H3,(H,14,17,18);3H2,1-2H3;2*2H,1H3. The molecular weight excluding hydrogens is 390 g/mol. The fraction of sp³-hybridized carbons (Fsp3) is 0.706. The van der Waals surface area contributed by atoms with E-state index in [1.807, 2.05) is 0 Å². The van der Waals surface area contributed by atoms with E-state index in [0.717, 1.165) is 18.8 Å². The smallest absolute Gasteiger partial charge is 0.352 e. The summed E-state index contributed by atoms with van der Waals surface area (Å²) in [5, 5.41) is 33.5. The molecular formula is C17H33N3O9. The molecule has 1 aromatic rings. The molecule has 2 atom stereocenters. The van der Waals surface area contributed by atoms with E-state index in [-0.39, 0.29) is 12.8 Å². The molecule has 29 heavy (non-hydrogen) atoms. The molecule has 0 radical (unpaired) electrons. The van der Waals surface area contributed by atoms with Crippen LogP contribution in [0.2, 0.25) is 0 Å². The first-order valence-electron chi connectivity index (χ1n) is 8.89. The quantitative estimate of drug-likeness (QED) is 0.240. The van der Waals surface area contributed by atoms with Crippen molar-refractivity contribution in [3.05, 3.63) is 32.6 Å². The van der Waals surface area contributed by atoms with Crippen molar-refractivity contribution in [3.8, 4) is 0 Å². The zero-order valence-corrected chi connectivity index (χ0v) is 17.4. The molecule has 0 aromatic carbocycles. The number of carbonyl (C=O) groups excluding carboxylic acids is 1. The molecule has 1 fully saturated rings. The van der Waals surface area contributed by atoms with Gasteiger partial charge in [-0.15, -0.1) is 0 Å². The number of aromatic nitrogens is 2. The number of aryl methyl sites for hydroxylation is 1. The molecule has 0 saturated carbocycles. The fourth-order valence-corrected chi connectivity index (χ4v) is 2.18. The number of H-pyrrole nitrogens is 1. The Balaban J connectivity index is 0. The van der Waals surface area contributed by atoms with Gasteiger partial charge in [0.05, 0.1) is 6.54 Å². The van der Waals surface area contributed by atoms with Gasteiger partial charge in [-0.3, -0.25) is 19.1 Å². The van der Waals surface area contributed by atoms with E-state index in [0.29, 0.717) is 5.56 Å². The van der Waals surface area contributed by atoms with Crippen LogP contribution in [-0.2, 0) is 14.3 Å². The summed E-state index contributed by atoms with van der Waals surface area (Å²) >= 11 is 0. The van der Waals surface area contributed by atoms with Crippen molar-refractivity contribution in [2.45, 2.75) is 58.3 Å². The first kappa shape index (κ1) is 29.1. The van der Waals surface area contributed by atoms with E-state index in [1.165, 1.54) is 19.5 Å². The van der Waals surface area contributed by atoms with Crippen LogP contribution in [0.15, 0.2) is 15.8 Å². The minimum absolute atomic E-state index is 0.125. The monoisotopic (exact) mass is 423 g/mol. The second kappa shape index (κ2) is 14.8. The topological polar surface area (TPSA) is 197 Å². The van der Waals surface area contributed by atoms with Gasteiger partial charge in [0.2, 0.25) is 0 Å². The fourth-order valence-electron chi connectivity index (χ4n) is 2.18. The predicted octanol–water partition coefficient (Wildman–Crippen LogP) is -1.70. The van der Waals surface area contributed by atoms with Crippen molar-refractivity contribution in [1.82, 2.24) is 9.55 Å². The molecule has 0 spiro atoms. The third kappa shape index (κ3) is 9.30. The molecule has 12 heteroatoms. The van der Waals surface area contributed by atoms with Gasteiger partial charge >= 0.3 is 17.6 Å². The van der Waals surface area contributed by atoms with Crippen LogP contribution in [0.4, 0.5) is 0 Å². The molecule has 2 rings (SSSR count). The Kier molecular flexibility index (Phi) is 14.9. The number of esters is 1. The number of hydrogen-bond donors (Lipinski definition) is 6. The number of ether oxygens (including phenoxy) is 2. The summed E-state index contributed by atoms with van der Waals surface area (Å²) in [6.07, 6.45) is 0.894. The Hall–Kier alpha value is -2.09. The molecule has 2 unspecified atom stereocenters. The number of carbonyl (C=O) groups is 1. The highest BCUT2D eigenvalue weighted by Crippen LogP contribution is 2.32. The maximum absolute atomic E-state index is 11.8. The largest absolute Gasteiger partial charge is 0.405 e. The number of hydrogen-bond acceptors (Lipinski definition) is 10. The van der Waals surface area contributed by atoms with Gasteiger partial charge in [-0.05, 0) is 19.8 Å².